The van der Waals surface area contributed by atoms with Gasteiger partial charge in [0.25, 0.3) is 0 Å². The Morgan fingerprint density at radius 1 is 1.25 bits per heavy atom. The molecule has 2 atom stereocenters. The molecule has 0 bridgehead atoms. The number of rotatable bonds is 2. The minimum Gasteiger partial charge on any atom is -0.491 e. The molecule has 1 spiro atoms. The average molecular weight is 377 g/mol. The quantitative estimate of drug-likeness (QED) is 0.738. The number of carbonyl (C=O) groups excluding carboxylic acids is 1. The minimum absolute atomic E-state index is 0.0253. The van der Waals surface area contributed by atoms with Crippen LogP contribution in [0.5, 0.6) is 5.75 Å². The third-order valence-electron chi connectivity index (χ3n) is 6.18. The second kappa shape index (κ2) is 5.48. The van der Waals surface area contributed by atoms with Gasteiger partial charge in [0.1, 0.15) is 17.8 Å². The molecule has 2 aromatic carbocycles. The SMILES string of the molecule is Nc1noc2cc3c(cc12)C1(CO3)C(=O)N(CC2CCCO2)c2ccccc21. The van der Waals surface area contributed by atoms with E-state index in [-0.39, 0.29) is 18.6 Å². The fourth-order valence-corrected chi connectivity index (χ4v) is 4.80. The van der Waals surface area contributed by atoms with E-state index in [9.17, 15) is 4.79 Å². The highest BCUT2D eigenvalue weighted by atomic mass is 16.5. The van der Waals surface area contributed by atoms with Crippen molar-refractivity contribution in [2.24, 2.45) is 0 Å². The number of nitrogens with two attached hydrogens (primary N) is 1. The van der Waals surface area contributed by atoms with Crippen molar-refractivity contribution in [2.45, 2.75) is 24.4 Å². The van der Waals surface area contributed by atoms with Gasteiger partial charge in [0.05, 0.1) is 18.0 Å². The molecule has 28 heavy (non-hydrogen) atoms. The lowest BCUT2D eigenvalue weighted by molar-refractivity contribution is -0.122. The van der Waals surface area contributed by atoms with Crippen LogP contribution in [0.25, 0.3) is 11.0 Å². The van der Waals surface area contributed by atoms with E-state index in [2.05, 4.69) is 5.16 Å². The maximum Gasteiger partial charge on any atom is 0.245 e. The standard InChI is InChI=1S/C21H19N3O4/c22-19-13-8-15-18(9-17(13)28-23-19)27-11-21(15)14-5-1-2-6-16(14)24(20(21)25)10-12-4-3-7-26-12/h1-2,5-6,8-9,12H,3-4,7,10-11H2,(H2,22,23). The Labute approximate surface area is 161 Å². The van der Waals surface area contributed by atoms with Crippen molar-refractivity contribution in [1.29, 1.82) is 0 Å². The predicted molar refractivity (Wildman–Crippen MR) is 102 cm³/mol. The van der Waals surface area contributed by atoms with Crippen molar-refractivity contribution in [3.8, 4) is 5.75 Å². The van der Waals surface area contributed by atoms with Gasteiger partial charge in [0.2, 0.25) is 5.91 Å². The third kappa shape index (κ3) is 1.91. The molecule has 4 heterocycles. The Bertz CT molecular complexity index is 1120. The number of fused-ring (bicyclic) bond motifs is 5. The average Bonchev–Trinajstić information content (AvgIpc) is 3.47. The van der Waals surface area contributed by atoms with Crippen molar-refractivity contribution in [1.82, 2.24) is 5.16 Å². The van der Waals surface area contributed by atoms with Crippen LogP contribution in [-0.2, 0) is 14.9 Å². The molecule has 0 saturated carbocycles. The first-order chi connectivity index (χ1) is 13.7. The highest BCUT2D eigenvalue weighted by molar-refractivity contribution is 6.12. The van der Waals surface area contributed by atoms with Gasteiger partial charge in [-0.2, -0.15) is 0 Å². The molecular formula is C21H19N3O4. The Hall–Kier alpha value is -3.06. The summed E-state index contributed by atoms with van der Waals surface area (Å²) in [6, 6.07) is 11.6. The summed E-state index contributed by atoms with van der Waals surface area (Å²) in [6.07, 6.45) is 2.09. The first-order valence-corrected chi connectivity index (χ1v) is 9.54. The van der Waals surface area contributed by atoms with Crippen LogP contribution < -0.4 is 15.4 Å². The topological polar surface area (TPSA) is 90.8 Å². The number of nitrogen functional groups attached to an aromatic ring is 1. The lowest BCUT2D eigenvalue weighted by Gasteiger charge is -2.24. The monoisotopic (exact) mass is 377 g/mol. The highest BCUT2D eigenvalue weighted by Gasteiger charge is 2.57. The van der Waals surface area contributed by atoms with E-state index in [4.69, 9.17) is 19.7 Å². The number of anilines is 2. The molecule has 1 aromatic heterocycles. The fraction of sp³-hybridized carbons (Fsp3) is 0.333. The molecule has 2 N–H and O–H groups in total. The Kier molecular flexibility index (Phi) is 3.12. The lowest BCUT2D eigenvalue weighted by Crippen LogP contribution is -2.44. The summed E-state index contributed by atoms with van der Waals surface area (Å²) < 4.78 is 17.1. The molecular weight excluding hydrogens is 358 g/mol. The van der Waals surface area contributed by atoms with E-state index in [1.807, 2.05) is 35.2 Å². The number of carbonyl (C=O) groups is 1. The van der Waals surface area contributed by atoms with Crippen molar-refractivity contribution in [2.75, 3.05) is 30.4 Å². The lowest BCUT2D eigenvalue weighted by atomic mass is 9.77. The van der Waals surface area contributed by atoms with Crippen molar-refractivity contribution >= 4 is 28.4 Å². The molecule has 2 unspecified atom stereocenters. The molecule has 1 fully saturated rings. The van der Waals surface area contributed by atoms with Gasteiger partial charge in [-0.15, -0.1) is 0 Å². The first-order valence-electron chi connectivity index (χ1n) is 9.54. The van der Waals surface area contributed by atoms with E-state index >= 15 is 0 Å². The second-order valence-corrected chi connectivity index (χ2v) is 7.67. The normalized spacial score (nSPS) is 25.5. The number of ether oxygens (including phenoxy) is 2. The van der Waals surface area contributed by atoms with Crippen LogP contribution in [0.4, 0.5) is 11.5 Å². The van der Waals surface area contributed by atoms with Gasteiger partial charge in [0, 0.05) is 23.9 Å². The predicted octanol–water partition coefficient (Wildman–Crippen LogP) is 2.61. The molecule has 7 heteroatoms. The van der Waals surface area contributed by atoms with Crippen LogP contribution in [0.1, 0.15) is 24.0 Å². The summed E-state index contributed by atoms with van der Waals surface area (Å²) in [5, 5.41) is 4.53. The molecule has 3 aliphatic heterocycles. The summed E-state index contributed by atoms with van der Waals surface area (Å²) in [7, 11) is 0. The Morgan fingerprint density at radius 3 is 3.00 bits per heavy atom. The molecule has 7 nitrogen and oxygen atoms in total. The van der Waals surface area contributed by atoms with Crippen molar-refractivity contribution in [3.05, 3.63) is 47.5 Å². The summed E-state index contributed by atoms with van der Waals surface area (Å²) in [5.41, 5.74) is 8.37. The number of nitrogens with zero attached hydrogens (tertiary/aromatic N) is 2. The van der Waals surface area contributed by atoms with Crippen LogP contribution in [0.15, 0.2) is 40.9 Å². The van der Waals surface area contributed by atoms with Gasteiger partial charge in [0.15, 0.2) is 11.4 Å². The summed E-state index contributed by atoms with van der Waals surface area (Å²) in [6.45, 7) is 1.58. The molecule has 0 aliphatic carbocycles. The molecule has 3 aromatic rings. The number of hydrogen-bond acceptors (Lipinski definition) is 6. The van der Waals surface area contributed by atoms with Crippen molar-refractivity contribution in [3.63, 3.8) is 0 Å². The largest absolute Gasteiger partial charge is 0.491 e. The Morgan fingerprint density at radius 2 is 2.14 bits per heavy atom. The van der Waals surface area contributed by atoms with E-state index in [1.54, 1.807) is 6.07 Å². The van der Waals surface area contributed by atoms with Gasteiger partial charge in [-0.05, 0) is 30.5 Å². The maximum atomic E-state index is 13.8. The van der Waals surface area contributed by atoms with Crippen LogP contribution in [-0.4, -0.2) is 36.9 Å². The van der Waals surface area contributed by atoms with Gasteiger partial charge in [-0.25, -0.2) is 0 Å². The number of amides is 1. The maximum absolute atomic E-state index is 13.8. The summed E-state index contributed by atoms with van der Waals surface area (Å²) in [5.74, 6) is 0.984. The van der Waals surface area contributed by atoms with Crippen LogP contribution in [0.2, 0.25) is 0 Å². The van der Waals surface area contributed by atoms with Gasteiger partial charge < -0.3 is 24.6 Å². The number of hydrogen-bond donors (Lipinski definition) is 1. The fourth-order valence-electron chi connectivity index (χ4n) is 4.80. The number of para-hydroxylation sites is 1. The minimum atomic E-state index is -0.873. The van der Waals surface area contributed by atoms with E-state index in [1.165, 1.54) is 0 Å². The number of aromatic nitrogens is 1. The van der Waals surface area contributed by atoms with Crippen LogP contribution in [0.3, 0.4) is 0 Å². The van der Waals surface area contributed by atoms with E-state index in [0.29, 0.717) is 29.1 Å². The Balaban J connectivity index is 1.53. The van der Waals surface area contributed by atoms with E-state index < -0.39 is 5.41 Å². The zero-order chi connectivity index (χ0) is 18.9. The molecule has 1 saturated heterocycles. The zero-order valence-corrected chi connectivity index (χ0v) is 15.2. The van der Waals surface area contributed by atoms with Gasteiger partial charge in [-0.3, -0.25) is 4.79 Å². The first kappa shape index (κ1) is 15.9. The summed E-state index contributed by atoms with van der Waals surface area (Å²) >= 11 is 0. The van der Waals surface area contributed by atoms with Crippen LogP contribution >= 0.6 is 0 Å². The van der Waals surface area contributed by atoms with Crippen molar-refractivity contribution < 1.29 is 18.8 Å². The zero-order valence-electron chi connectivity index (χ0n) is 15.2. The third-order valence-corrected chi connectivity index (χ3v) is 6.18. The van der Waals surface area contributed by atoms with E-state index in [0.717, 1.165) is 36.3 Å². The molecule has 142 valence electrons. The molecule has 3 aliphatic rings. The van der Waals surface area contributed by atoms with Gasteiger partial charge in [-0.1, -0.05) is 23.4 Å². The molecule has 6 rings (SSSR count). The molecule has 0 radical (unpaired) electrons. The van der Waals surface area contributed by atoms with Crippen LogP contribution in [0, 0.1) is 0 Å². The highest BCUT2D eigenvalue weighted by Crippen LogP contribution is 2.53. The van der Waals surface area contributed by atoms with Gasteiger partial charge >= 0.3 is 0 Å². The molecule has 1 amide bonds. The smallest absolute Gasteiger partial charge is 0.245 e. The number of benzene rings is 2. The second-order valence-electron chi connectivity index (χ2n) is 7.67. The summed E-state index contributed by atoms with van der Waals surface area (Å²) in [4.78, 5) is 15.7.